The van der Waals surface area contributed by atoms with Crippen LogP contribution < -0.4 is 11.1 Å². The van der Waals surface area contributed by atoms with Gasteiger partial charge in [0.15, 0.2) is 0 Å². The van der Waals surface area contributed by atoms with E-state index >= 15 is 0 Å². The molecule has 1 aliphatic carbocycles. The third kappa shape index (κ3) is 2.77. The number of benzene rings is 3. The molecule has 0 spiro atoms. The van der Waals surface area contributed by atoms with Crippen molar-refractivity contribution < 1.29 is 0 Å². The van der Waals surface area contributed by atoms with E-state index in [9.17, 15) is 0 Å². The zero-order valence-electron chi connectivity index (χ0n) is 14.0. The lowest BCUT2D eigenvalue weighted by molar-refractivity contribution is 0.776. The molecule has 3 nitrogen and oxygen atoms in total. The molecule has 0 radical (unpaired) electrons. The van der Waals surface area contributed by atoms with Crippen LogP contribution in [0.25, 0.3) is 33.3 Å². The van der Waals surface area contributed by atoms with Crippen LogP contribution in [0, 0.1) is 5.41 Å². The molecule has 0 aromatic heterocycles. The van der Waals surface area contributed by atoms with Gasteiger partial charge in [0.2, 0.25) is 0 Å². The van der Waals surface area contributed by atoms with E-state index in [4.69, 9.17) is 11.1 Å². The van der Waals surface area contributed by atoms with E-state index in [1.54, 1.807) is 0 Å². The number of halogens is 1. The molecule has 4 heteroatoms. The van der Waals surface area contributed by atoms with Gasteiger partial charge in [-0.15, -0.1) is 12.4 Å². The highest BCUT2D eigenvalue weighted by Crippen LogP contribution is 2.38. The van der Waals surface area contributed by atoms with Crippen LogP contribution in [0.4, 0.5) is 5.69 Å². The Morgan fingerprint density at radius 3 is 2.40 bits per heavy atom. The monoisotopic (exact) mass is 349 g/mol. The van der Waals surface area contributed by atoms with E-state index in [-0.39, 0.29) is 12.4 Å². The number of hydrogen-bond acceptors (Lipinski definition) is 2. The summed E-state index contributed by atoms with van der Waals surface area (Å²) in [5, 5.41) is 10.9. The molecular weight excluding hydrogens is 330 g/mol. The lowest BCUT2D eigenvalue weighted by Crippen LogP contribution is -2.11. The predicted molar refractivity (Wildman–Crippen MR) is 107 cm³/mol. The summed E-state index contributed by atoms with van der Waals surface area (Å²) in [4.78, 5) is 0. The standard InChI is InChI=1S/C21H19N3.ClH/c1-2-24-20-13-16(23)9-11-18(20)17-10-8-15(22)12-19(17)21(24)14-6-4-3-5-7-14;/h3-13,23H,2,22H2,1H3;1H. The van der Waals surface area contributed by atoms with Crippen LogP contribution in [0.1, 0.15) is 6.92 Å². The van der Waals surface area contributed by atoms with Gasteiger partial charge in [-0.25, -0.2) is 0 Å². The number of nitrogen functional groups attached to an aromatic ring is 1. The molecule has 3 N–H and O–H groups in total. The molecule has 2 aromatic rings. The molecule has 126 valence electrons. The van der Waals surface area contributed by atoms with Crippen LogP contribution in [0.5, 0.6) is 0 Å². The molecule has 0 saturated heterocycles. The fourth-order valence-corrected chi connectivity index (χ4v) is 3.48. The Kier molecular flexibility index (Phi) is 4.51. The van der Waals surface area contributed by atoms with Crippen LogP contribution in [-0.2, 0) is 6.54 Å². The molecular formula is C21H20ClN3. The van der Waals surface area contributed by atoms with Gasteiger partial charge in [-0.2, -0.15) is 0 Å². The second kappa shape index (κ2) is 6.61. The van der Waals surface area contributed by atoms with Gasteiger partial charge in [0, 0.05) is 23.2 Å². The maximum Gasteiger partial charge on any atom is 0.0565 e. The third-order valence-corrected chi connectivity index (χ3v) is 4.51. The maximum atomic E-state index is 8.03. The van der Waals surface area contributed by atoms with Gasteiger partial charge in [0.05, 0.1) is 16.7 Å². The van der Waals surface area contributed by atoms with Crippen LogP contribution in [-0.4, -0.2) is 4.57 Å². The Morgan fingerprint density at radius 1 is 0.920 bits per heavy atom. The van der Waals surface area contributed by atoms with Gasteiger partial charge in [-0.1, -0.05) is 42.5 Å². The van der Waals surface area contributed by atoms with Crippen molar-refractivity contribution in [3.05, 3.63) is 72.1 Å². The summed E-state index contributed by atoms with van der Waals surface area (Å²) in [6.07, 6.45) is 0. The summed E-state index contributed by atoms with van der Waals surface area (Å²) in [5.41, 5.74) is 11.4. The smallest absolute Gasteiger partial charge is 0.0565 e. The van der Waals surface area contributed by atoms with E-state index < -0.39 is 0 Å². The van der Waals surface area contributed by atoms with Crippen molar-refractivity contribution in [2.45, 2.75) is 13.5 Å². The molecule has 0 fully saturated rings. The molecule has 2 aliphatic rings. The number of fused-ring (bicyclic) bond motifs is 3. The summed E-state index contributed by atoms with van der Waals surface area (Å²) in [5.74, 6) is 0. The number of nitrogens with one attached hydrogen (secondary N) is 1. The van der Waals surface area contributed by atoms with Crippen molar-refractivity contribution in [1.29, 1.82) is 5.41 Å². The molecule has 1 aliphatic heterocycles. The minimum Gasteiger partial charge on any atom is -0.399 e. The molecule has 2 aromatic carbocycles. The molecule has 0 bridgehead atoms. The summed E-state index contributed by atoms with van der Waals surface area (Å²) >= 11 is 0. The number of hydrogen-bond donors (Lipinski definition) is 2. The predicted octanol–water partition coefficient (Wildman–Crippen LogP) is 4.92. The van der Waals surface area contributed by atoms with Gasteiger partial charge in [0.25, 0.3) is 0 Å². The number of nitrogens with two attached hydrogens (primary N) is 1. The highest BCUT2D eigenvalue weighted by Gasteiger charge is 2.17. The minimum absolute atomic E-state index is 0. The summed E-state index contributed by atoms with van der Waals surface area (Å²) in [6.45, 7) is 2.97. The van der Waals surface area contributed by atoms with Crippen molar-refractivity contribution in [2.75, 3.05) is 5.73 Å². The summed E-state index contributed by atoms with van der Waals surface area (Å²) < 4.78 is 2.28. The van der Waals surface area contributed by atoms with Crippen LogP contribution >= 0.6 is 12.4 Å². The van der Waals surface area contributed by atoms with Crippen molar-refractivity contribution in [3.63, 3.8) is 0 Å². The maximum absolute atomic E-state index is 8.03. The second-order valence-electron chi connectivity index (χ2n) is 6.00. The first-order valence-corrected chi connectivity index (χ1v) is 8.15. The second-order valence-corrected chi connectivity index (χ2v) is 6.00. The molecule has 0 saturated carbocycles. The summed E-state index contributed by atoms with van der Waals surface area (Å²) in [7, 11) is 0. The molecule has 1 heterocycles. The highest BCUT2D eigenvalue weighted by atomic mass is 35.5. The van der Waals surface area contributed by atoms with Gasteiger partial charge in [-0.3, -0.25) is 0 Å². The first-order valence-electron chi connectivity index (χ1n) is 8.15. The minimum atomic E-state index is 0. The van der Waals surface area contributed by atoms with Gasteiger partial charge in [0.1, 0.15) is 0 Å². The molecule has 25 heavy (non-hydrogen) atoms. The third-order valence-electron chi connectivity index (χ3n) is 4.51. The largest absolute Gasteiger partial charge is 0.399 e. The lowest BCUT2D eigenvalue weighted by atomic mass is 9.95. The Bertz CT molecular complexity index is 1070. The van der Waals surface area contributed by atoms with E-state index in [2.05, 4.69) is 47.9 Å². The Morgan fingerprint density at radius 2 is 1.68 bits per heavy atom. The quantitative estimate of drug-likeness (QED) is 0.392. The van der Waals surface area contributed by atoms with Gasteiger partial charge >= 0.3 is 0 Å². The van der Waals surface area contributed by atoms with Crippen molar-refractivity contribution >= 4 is 28.9 Å². The first kappa shape index (κ1) is 17.1. The molecule has 0 atom stereocenters. The van der Waals surface area contributed by atoms with Crippen molar-refractivity contribution in [2.24, 2.45) is 0 Å². The molecule has 0 unspecified atom stereocenters. The Labute approximate surface area is 153 Å². The van der Waals surface area contributed by atoms with E-state index in [0.29, 0.717) is 5.36 Å². The fourth-order valence-electron chi connectivity index (χ4n) is 3.48. The fraction of sp³-hybridized carbons (Fsp3) is 0.0952. The Balaban J connectivity index is 0.00000182. The van der Waals surface area contributed by atoms with E-state index in [0.717, 1.165) is 40.1 Å². The van der Waals surface area contributed by atoms with Gasteiger partial charge in [-0.05, 0) is 42.1 Å². The van der Waals surface area contributed by atoms with Crippen LogP contribution in [0.3, 0.4) is 0 Å². The van der Waals surface area contributed by atoms with Crippen LogP contribution in [0.15, 0.2) is 66.7 Å². The number of rotatable bonds is 2. The zero-order valence-corrected chi connectivity index (χ0v) is 14.8. The zero-order chi connectivity index (χ0) is 16.7. The van der Waals surface area contributed by atoms with Gasteiger partial charge < -0.3 is 15.7 Å². The lowest BCUT2D eigenvalue weighted by Gasteiger charge is -2.23. The van der Waals surface area contributed by atoms with Crippen LogP contribution in [0.2, 0.25) is 0 Å². The number of aromatic nitrogens is 1. The summed E-state index contributed by atoms with van der Waals surface area (Å²) in [6, 6.07) is 22.3. The van der Waals surface area contributed by atoms with Crippen molar-refractivity contribution in [3.8, 4) is 22.5 Å². The topological polar surface area (TPSA) is 54.8 Å². The van der Waals surface area contributed by atoms with E-state index in [1.165, 1.54) is 5.39 Å². The number of pyridine rings is 1. The number of anilines is 1. The Hall–Kier alpha value is -2.78. The average molecular weight is 350 g/mol. The molecule has 4 rings (SSSR count). The normalized spacial score (nSPS) is 10.8. The number of nitrogens with zero attached hydrogens (tertiary/aromatic N) is 1. The molecule has 0 amide bonds. The van der Waals surface area contributed by atoms with Crippen molar-refractivity contribution in [1.82, 2.24) is 4.57 Å². The average Bonchev–Trinajstić information content (AvgIpc) is 2.61. The van der Waals surface area contributed by atoms with E-state index in [1.807, 2.05) is 30.3 Å². The SMILES string of the molecule is CCn1c2cc(=N)ccc-2c2ccc(N)cc2c1-c1ccccc1.Cl. The first-order chi connectivity index (χ1) is 11.7. The highest BCUT2D eigenvalue weighted by molar-refractivity contribution is 6.05.